The first kappa shape index (κ1) is 15.8. The SMILES string of the molecule is CCCCCCC(=O)OCC1CCCN2CCCCC12. The Morgan fingerprint density at radius 1 is 1.10 bits per heavy atom. The number of hydrogen-bond acceptors (Lipinski definition) is 3. The number of rotatable bonds is 7. The minimum Gasteiger partial charge on any atom is -0.465 e. The van der Waals surface area contributed by atoms with E-state index in [1.54, 1.807) is 0 Å². The molecule has 20 heavy (non-hydrogen) atoms. The van der Waals surface area contributed by atoms with E-state index in [1.807, 2.05) is 0 Å². The number of fused-ring (bicyclic) bond motifs is 1. The summed E-state index contributed by atoms with van der Waals surface area (Å²) in [6.45, 7) is 5.36. The number of esters is 1. The molecule has 2 fully saturated rings. The highest BCUT2D eigenvalue weighted by Gasteiger charge is 2.33. The molecular weight excluding hydrogens is 250 g/mol. The molecule has 0 aromatic rings. The molecule has 2 heterocycles. The predicted molar refractivity (Wildman–Crippen MR) is 81.7 cm³/mol. The standard InChI is InChI=1S/C17H31NO2/c1-2-3-4-5-11-17(19)20-14-15-9-8-13-18-12-7-6-10-16(15)18/h15-16H,2-14H2,1H3. The summed E-state index contributed by atoms with van der Waals surface area (Å²) in [5, 5.41) is 0. The van der Waals surface area contributed by atoms with Crippen molar-refractivity contribution < 1.29 is 9.53 Å². The van der Waals surface area contributed by atoms with Crippen molar-refractivity contribution in [3.8, 4) is 0 Å². The molecule has 0 amide bonds. The van der Waals surface area contributed by atoms with Gasteiger partial charge in [-0.1, -0.05) is 32.6 Å². The molecule has 3 nitrogen and oxygen atoms in total. The number of piperidine rings is 2. The van der Waals surface area contributed by atoms with E-state index in [-0.39, 0.29) is 5.97 Å². The highest BCUT2D eigenvalue weighted by molar-refractivity contribution is 5.69. The van der Waals surface area contributed by atoms with Gasteiger partial charge >= 0.3 is 5.97 Å². The first-order valence-electron chi connectivity index (χ1n) is 8.71. The zero-order valence-electron chi connectivity index (χ0n) is 13.1. The van der Waals surface area contributed by atoms with Crippen LogP contribution in [0.1, 0.15) is 71.1 Å². The zero-order valence-corrected chi connectivity index (χ0v) is 13.1. The van der Waals surface area contributed by atoms with Gasteiger partial charge in [-0.25, -0.2) is 0 Å². The van der Waals surface area contributed by atoms with Crippen LogP contribution in [0.5, 0.6) is 0 Å². The minimum absolute atomic E-state index is 0.0223. The molecule has 116 valence electrons. The minimum atomic E-state index is 0.0223. The fourth-order valence-electron chi connectivity index (χ4n) is 3.74. The van der Waals surface area contributed by atoms with Crippen LogP contribution in [0.4, 0.5) is 0 Å². The highest BCUT2D eigenvalue weighted by atomic mass is 16.5. The summed E-state index contributed by atoms with van der Waals surface area (Å²) in [7, 11) is 0. The maximum atomic E-state index is 11.8. The maximum absolute atomic E-state index is 11.8. The van der Waals surface area contributed by atoms with Crippen LogP contribution >= 0.6 is 0 Å². The predicted octanol–water partition coefficient (Wildman–Crippen LogP) is 3.76. The largest absolute Gasteiger partial charge is 0.465 e. The van der Waals surface area contributed by atoms with Gasteiger partial charge < -0.3 is 4.74 Å². The molecule has 2 atom stereocenters. The third kappa shape index (κ3) is 4.76. The van der Waals surface area contributed by atoms with E-state index in [0.717, 1.165) is 12.8 Å². The van der Waals surface area contributed by atoms with Gasteiger partial charge in [-0.05, 0) is 45.2 Å². The Balaban J connectivity index is 1.65. The van der Waals surface area contributed by atoms with Gasteiger partial charge in [-0.3, -0.25) is 9.69 Å². The normalized spacial score (nSPS) is 27.1. The molecule has 2 unspecified atom stereocenters. The fourth-order valence-corrected chi connectivity index (χ4v) is 3.74. The molecule has 0 radical (unpaired) electrons. The molecule has 0 aromatic heterocycles. The topological polar surface area (TPSA) is 29.5 Å². The summed E-state index contributed by atoms with van der Waals surface area (Å²) in [6.07, 6.45) is 11.7. The summed E-state index contributed by atoms with van der Waals surface area (Å²) in [5.74, 6) is 0.609. The molecule has 0 aliphatic carbocycles. The fraction of sp³-hybridized carbons (Fsp3) is 0.941. The molecule has 0 bridgehead atoms. The lowest BCUT2D eigenvalue weighted by molar-refractivity contribution is -0.146. The van der Waals surface area contributed by atoms with Crippen molar-refractivity contribution in [3.05, 3.63) is 0 Å². The van der Waals surface area contributed by atoms with Crippen molar-refractivity contribution in [2.45, 2.75) is 77.2 Å². The molecule has 0 saturated carbocycles. The number of nitrogens with zero attached hydrogens (tertiary/aromatic N) is 1. The van der Waals surface area contributed by atoms with Gasteiger partial charge in [0.15, 0.2) is 0 Å². The van der Waals surface area contributed by atoms with Crippen molar-refractivity contribution in [1.29, 1.82) is 0 Å². The lowest BCUT2D eigenvalue weighted by atomic mass is 9.84. The van der Waals surface area contributed by atoms with Gasteiger partial charge in [-0.15, -0.1) is 0 Å². The van der Waals surface area contributed by atoms with Gasteiger partial charge in [0, 0.05) is 18.4 Å². The first-order chi connectivity index (χ1) is 9.81. The van der Waals surface area contributed by atoms with Crippen LogP contribution < -0.4 is 0 Å². The number of carbonyl (C=O) groups excluding carboxylic acids is 1. The molecule has 0 spiro atoms. The van der Waals surface area contributed by atoms with Crippen molar-refractivity contribution in [3.63, 3.8) is 0 Å². The number of unbranched alkanes of at least 4 members (excludes halogenated alkanes) is 3. The molecule has 0 aromatic carbocycles. The first-order valence-corrected chi connectivity index (χ1v) is 8.71. The number of hydrogen-bond donors (Lipinski definition) is 0. The third-order valence-electron chi connectivity index (χ3n) is 4.92. The summed E-state index contributed by atoms with van der Waals surface area (Å²) in [5.41, 5.74) is 0. The molecule has 3 heteroatoms. The smallest absolute Gasteiger partial charge is 0.305 e. The highest BCUT2D eigenvalue weighted by Crippen LogP contribution is 2.31. The Morgan fingerprint density at radius 3 is 2.80 bits per heavy atom. The Hall–Kier alpha value is -0.570. The average molecular weight is 281 g/mol. The van der Waals surface area contributed by atoms with Crippen molar-refractivity contribution >= 4 is 5.97 Å². The number of ether oxygens (including phenoxy) is 1. The Morgan fingerprint density at radius 2 is 1.95 bits per heavy atom. The van der Waals surface area contributed by atoms with Crippen LogP contribution in [0.3, 0.4) is 0 Å². The second kappa shape index (κ2) is 8.66. The lowest BCUT2D eigenvalue weighted by Crippen LogP contribution is -2.49. The number of carbonyl (C=O) groups is 1. The van der Waals surface area contributed by atoms with E-state index in [2.05, 4.69) is 11.8 Å². The maximum Gasteiger partial charge on any atom is 0.305 e. The Kier molecular flexibility index (Phi) is 6.85. The van der Waals surface area contributed by atoms with Crippen LogP contribution in [0.15, 0.2) is 0 Å². The van der Waals surface area contributed by atoms with E-state index in [4.69, 9.17) is 4.74 Å². The lowest BCUT2D eigenvalue weighted by Gasteiger charge is -2.44. The van der Waals surface area contributed by atoms with Crippen LogP contribution in [0, 0.1) is 5.92 Å². The molecular formula is C17H31NO2. The van der Waals surface area contributed by atoms with E-state index in [0.29, 0.717) is 25.0 Å². The van der Waals surface area contributed by atoms with Crippen molar-refractivity contribution in [1.82, 2.24) is 4.90 Å². The molecule has 0 N–H and O–H groups in total. The van der Waals surface area contributed by atoms with Gasteiger partial charge in [0.25, 0.3) is 0 Å². The third-order valence-corrected chi connectivity index (χ3v) is 4.92. The monoisotopic (exact) mass is 281 g/mol. The summed E-state index contributed by atoms with van der Waals surface area (Å²) >= 11 is 0. The van der Waals surface area contributed by atoms with E-state index >= 15 is 0 Å². The van der Waals surface area contributed by atoms with Gasteiger partial charge in [0.2, 0.25) is 0 Å². The second-order valence-corrected chi connectivity index (χ2v) is 6.50. The quantitative estimate of drug-likeness (QED) is 0.525. The molecule has 2 saturated heterocycles. The summed E-state index contributed by atoms with van der Waals surface area (Å²) < 4.78 is 5.55. The van der Waals surface area contributed by atoms with E-state index < -0.39 is 0 Å². The van der Waals surface area contributed by atoms with E-state index in [9.17, 15) is 4.79 Å². The van der Waals surface area contributed by atoms with Crippen LogP contribution in [-0.4, -0.2) is 36.6 Å². The summed E-state index contributed by atoms with van der Waals surface area (Å²) in [4.78, 5) is 14.4. The van der Waals surface area contributed by atoms with Crippen molar-refractivity contribution in [2.75, 3.05) is 19.7 Å². The van der Waals surface area contributed by atoms with Crippen molar-refractivity contribution in [2.24, 2.45) is 5.92 Å². The van der Waals surface area contributed by atoms with E-state index in [1.165, 1.54) is 58.0 Å². The van der Waals surface area contributed by atoms with Gasteiger partial charge in [0.05, 0.1) is 6.61 Å². The van der Waals surface area contributed by atoms with Crippen LogP contribution in [-0.2, 0) is 9.53 Å². The second-order valence-electron chi connectivity index (χ2n) is 6.50. The Bertz CT molecular complexity index is 291. The molecule has 2 rings (SSSR count). The van der Waals surface area contributed by atoms with Crippen LogP contribution in [0.25, 0.3) is 0 Å². The molecule has 2 aliphatic heterocycles. The molecule has 2 aliphatic rings. The van der Waals surface area contributed by atoms with Crippen LogP contribution in [0.2, 0.25) is 0 Å². The average Bonchev–Trinajstić information content (AvgIpc) is 2.49. The van der Waals surface area contributed by atoms with Gasteiger partial charge in [0.1, 0.15) is 0 Å². The zero-order chi connectivity index (χ0) is 14.2. The Labute approximate surface area is 124 Å². The summed E-state index contributed by atoms with van der Waals surface area (Å²) in [6, 6.07) is 0.686. The van der Waals surface area contributed by atoms with Gasteiger partial charge in [-0.2, -0.15) is 0 Å².